The molecule has 1 atom stereocenters. The number of nitrogens with one attached hydrogen (secondary N) is 2. The van der Waals surface area contributed by atoms with Crippen LogP contribution in [-0.2, 0) is 6.42 Å². The van der Waals surface area contributed by atoms with Gasteiger partial charge < -0.3 is 14.7 Å². The lowest BCUT2D eigenvalue weighted by atomic mass is 10.1. The van der Waals surface area contributed by atoms with Gasteiger partial charge in [0.15, 0.2) is 0 Å². The molecular weight excluding hydrogens is 314 g/mol. The third-order valence-corrected chi connectivity index (χ3v) is 4.92. The Morgan fingerprint density at radius 2 is 2.35 bits per heavy atom. The first-order valence-corrected chi connectivity index (χ1v) is 8.18. The summed E-state index contributed by atoms with van der Waals surface area (Å²) in [5, 5.41) is 3.46. The Morgan fingerprint density at radius 3 is 3.04 bits per heavy atom. The number of amides is 1. The molecule has 0 saturated carbocycles. The quantitative estimate of drug-likeness (QED) is 0.752. The number of nitrogens with zero attached hydrogens (tertiary/aromatic N) is 1. The molecule has 1 unspecified atom stereocenters. The number of H-pyrrole nitrogens is 1. The Labute approximate surface area is 136 Å². The van der Waals surface area contributed by atoms with Crippen LogP contribution in [0.5, 0.6) is 0 Å². The van der Waals surface area contributed by atoms with Crippen LogP contribution < -0.4 is 10.9 Å². The molecule has 6 nitrogen and oxygen atoms in total. The average molecular weight is 331 g/mol. The van der Waals surface area contributed by atoms with Crippen molar-refractivity contribution in [3.05, 3.63) is 51.3 Å². The fourth-order valence-electron chi connectivity index (χ4n) is 2.47. The van der Waals surface area contributed by atoms with E-state index >= 15 is 0 Å². The van der Waals surface area contributed by atoms with Gasteiger partial charge >= 0.3 is 0 Å². The van der Waals surface area contributed by atoms with Gasteiger partial charge in [0.2, 0.25) is 0 Å². The van der Waals surface area contributed by atoms with E-state index in [1.165, 1.54) is 17.7 Å². The first-order chi connectivity index (χ1) is 11.1. The van der Waals surface area contributed by atoms with Gasteiger partial charge in [-0.3, -0.25) is 9.59 Å². The van der Waals surface area contributed by atoms with Crippen molar-refractivity contribution in [3.63, 3.8) is 0 Å². The van der Waals surface area contributed by atoms with E-state index in [9.17, 15) is 9.59 Å². The number of hydrogen-bond donors (Lipinski definition) is 2. The van der Waals surface area contributed by atoms with Crippen LogP contribution in [0.1, 0.15) is 34.3 Å². The van der Waals surface area contributed by atoms with E-state index in [1.54, 1.807) is 13.2 Å². The van der Waals surface area contributed by atoms with E-state index in [0.717, 1.165) is 18.6 Å². The molecule has 0 fully saturated rings. The number of carbonyl (C=O) groups excluding carboxylic acids is 1. The molecule has 1 amide bonds. The summed E-state index contributed by atoms with van der Waals surface area (Å²) in [6, 6.07) is 3.77. The second kappa shape index (κ2) is 6.37. The Morgan fingerprint density at radius 1 is 1.52 bits per heavy atom. The highest BCUT2D eigenvalue weighted by Gasteiger charge is 2.19. The van der Waals surface area contributed by atoms with E-state index in [4.69, 9.17) is 4.42 Å². The average Bonchev–Trinajstić information content (AvgIpc) is 3.14. The van der Waals surface area contributed by atoms with Gasteiger partial charge in [0.05, 0.1) is 22.9 Å². The zero-order valence-electron chi connectivity index (χ0n) is 12.9. The third-order valence-electron chi connectivity index (χ3n) is 3.72. The Bertz CT molecular complexity index is 880. The van der Waals surface area contributed by atoms with E-state index < -0.39 is 0 Å². The zero-order valence-corrected chi connectivity index (χ0v) is 13.7. The topological polar surface area (TPSA) is 88.0 Å². The first kappa shape index (κ1) is 15.5. The van der Waals surface area contributed by atoms with Crippen molar-refractivity contribution in [2.75, 3.05) is 0 Å². The molecule has 2 N–H and O–H groups in total. The highest BCUT2D eigenvalue weighted by Crippen LogP contribution is 2.26. The minimum atomic E-state index is -0.214. The standard InChI is InChI=1S/C16H17N3O3S/c1-9(5-6-11-4-3-7-22-11)19-15(21)13-10(2)12-14(20)17-8-18-16(12)23-13/h3-4,7-9H,5-6H2,1-2H3,(H,19,21)(H,17,18,20). The predicted octanol–water partition coefficient (Wildman–Crippen LogP) is 2.64. The van der Waals surface area contributed by atoms with Crippen LogP contribution in [-0.4, -0.2) is 21.9 Å². The summed E-state index contributed by atoms with van der Waals surface area (Å²) in [5.41, 5.74) is 0.462. The van der Waals surface area contributed by atoms with Gasteiger partial charge in [-0.1, -0.05) is 0 Å². The maximum absolute atomic E-state index is 12.5. The van der Waals surface area contributed by atoms with Crippen molar-refractivity contribution in [2.24, 2.45) is 0 Å². The van der Waals surface area contributed by atoms with Crippen LogP contribution in [0.25, 0.3) is 10.2 Å². The molecule has 3 aromatic rings. The van der Waals surface area contributed by atoms with Gasteiger partial charge in [-0.2, -0.15) is 0 Å². The predicted molar refractivity (Wildman–Crippen MR) is 88.9 cm³/mol. The maximum atomic E-state index is 12.5. The molecule has 7 heteroatoms. The molecule has 3 aromatic heterocycles. The van der Waals surface area contributed by atoms with Gasteiger partial charge in [0, 0.05) is 12.5 Å². The zero-order chi connectivity index (χ0) is 16.4. The molecule has 0 aromatic carbocycles. The molecule has 3 heterocycles. The molecule has 23 heavy (non-hydrogen) atoms. The van der Waals surface area contributed by atoms with E-state index in [-0.39, 0.29) is 17.5 Å². The van der Waals surface area contributed by atoms with Crippen molar-refractivity contribution in [1.29, 1.82) is 0 Å². The Hall–Kier alpha value is -2.41. The minimum absolute atomic E-state index is 0.00320. The van der Waals surface area contributed by atoms with Gasteiger partial charge in [-0.05, 0) is 38.0 Å². The molecule has 0 aliphatic heterocycles. The molecule has 0 saturated heterocycles. The van der Waals surface area contributed by atoms with E-state index in [2.05, 4.69) is 15.3 Å². The van der Waals surface area contributed by atoms with Crippen molar-refractivity contribution < 1.29 is 9.21 Å². The van der Waals surface area contributed by atoms with Crippen LogP contribution in [0.3, 0.4) is 0 Å². The van der Waals surface area contributed by atoms with Crippen molar-refractivity contribution >= 4 is 27.5 Å². The number of rotatable bonds is 5. The molecule has 3 rings (SSSR count). The lowest BCUT2D eigenvalue weighted by Gasteiger charge is -2.12. The third kappa shape index (κ3) is 3.19. The summed E-state index contributed by atoms with van der Waals surface area (Å²) >= 11 is 1.24. The van der Waals surface area contributed by atoms with Crippen molar-refractivity contribution in [3.8, 4) is 0 Å². The Balaban J connectivity index is 1.72. The molecule has 0 bridgehead atoms. The SMILES string of the molecule is Cc1c(C(=O)NC(C)CCc2ccco2)sc2nc[nH]c(=O)c12. The van der Waals surface area contributed by atoms with Crippen LogP contribution in [0.15, 0.2) is 33.9 Å². The van der Waals surface area contributed by atoms with E-state index in [1.807, 2.05) is 19.1 Å². The monoisotopic (exact) mass is 331 g/mol. The van der Waals surface area contributed by atoms with Gasteiger partial charge in [-0.25, -0.2) is 4.98 Å². The van der Waals surface area contributed by atoms with Gasteiger partial charge in [0.1, 0.15) is 10.6 Å². The molecular formula is C16H17N3O3S. The molecule has 0 spiro atoms. The fraction of sp³-hybridized carbons (Fsp3) is 0.312. The van der Waals surface area contributed by atoms with E-state index in [0.29, 0.717) is 20.7 Å². The number of carbonyl (C=O) groups is 1. The lowest BCUT2D eigenvalue weighted by molar-refractivity contribution is 0.0941. The summed E-state index contributed by atoms with van der Waals surface area (Å²) in [5.74, 6) is 0.733. The largest absolute Gasteiger partial charge is 0.469 e. The van der Waals surface area contributed by atoms with Crippen molar-refractivity contribution in [2.45, 2.75) is 32.7 Å². The second-order valence-electron chi connectivity index (χ2n) is 5.46. The number of thiophene rings is 1. The van der Waals surface area contributed by atoms with Crippen LogP contribution in [0.2, 0.25) is 0 Å². The van der Waals surface area contributed by atoms with Crippen LogP contribution >= 0.6 is 11.3 Å². The number of aryl methyl sites for hydroxylation is 2. The second-order valence-corrected chi connectivity index (χ2v) is 6.46. The molecule has 0 radical (unpaired) electrons. The minimum Gasteiger partial charge on any atom is -0.469 e. The van der Waals surface area contributed by atoms with Crippen LogP contribution in [0.4, 0.5) is 0 Å². The number of fused-ring (bicyclic) bond motifs is 1. The summed E-state index contributed by atoms with van der Waals surface area (Å²) < 4.78 is 5.29. The highest BCUT2D eigenvalue weighted by atomic mass is 32.1. The van der Waals surface area contributed by atoms with Crippen molar-refractivity contribution in [1.82, 2.24) is 15.3 Å². The van der Waals surface area contributed by atoms with Crippen LogP contribution in [0, 0.1) is 6.92 Å². The molecule has 120 valence electrons. The summed E-state index contributed by atoms with van der Waals surface area (Å²) in [6.45, 7) is 3.73. The van der Waals surface area contributed by atoms with Gasteiger partial charge in [0.25, 0.3) is 11.5 Å². The van der Waals surface area contributed by atoms with Gasteiger partial charge in [-0.15, -0.1) is 11.3 Å². The smallest absolute Gasteiger partial charge is 0.261 e. The number of aromatic amines is 1. The number of aromatic nitrogens is 2. The summed E-state index contributed by atoms with van der Waals surface area (Å²) in [7, 11) is 0. The summed E-state index contributed by atoms with van der Waals surface area (Å²) in [6.07, 6.45) is 4.54. The fourth-order valence-corrected chi connectivity index (χ4v) is 3.52. The Kier molecular flexibility index (Phi) is 4.29. The lowest BCUT2D eigenvalue weighted by Crippen LogP contribution is -2.32. The normalized spacial score (nSPS) is 12.4. The molecule has 0 aliphatic carbocycles. The maximum Gasteiger partial charge on any atom is 0.261 e. The first-order valence-electron chi connectivity index (χ1n) is 7.36. The number of furan rings is 1. The highest BCUT2D eigenvalue weighted by molar-refractivity contribution is 7.20. The number of hydrogen-bond acceptors (Lipinski definition) is 5. The summed E-state index contributed by atoms with van der Waals surface area (Å²) in [4.78, 5) is 32.1. The molecule has 0 aliphatic rings.